The van der Waals surface area contributed by atoms with Gasteiger partial charge in [0.05, 0.1) is 6.61 Å². The monoisotopic (exact) mass is 237 g/mol. The summed E-state index contributed by atoms with van der Waals surface area (Å²) in [5, 5.41) is 3.38. The Morgan fingerprint density at radius 3 is 2.88 bits per heavy atom. The Kier molecular flexibility index (Phi) is 7.43. The predicted molar refractivity (Wildman–Crippen MR) is 70.4 cm³/mol. The second kappa shape index (κ2) is 9.02. The van der Waals surface area contributed by atoms with E-state index in [4.69, 9.17) is 9.47 Å². The van der Waals surface area contributed by atoms with Crippen LogP contribution in [0.4, 0.5) is 0 Å². The van der Waals surface area contributed by atoms with Crippen LogP contribution in [0.25, 0.3) is 0 Å². The van der Waals surface area contributed by atoms with E-state index in [0.29, 0.717) is 6.61 Å². The van der Waals surface area contributed by atoms with Gasteiger partial charge in [0.25, 0.3) is 0 Å². The third kappa shape index (κ3) is 6.29. The number of hydrogen-bond acceptors (Lipinski definition) is 3. The third-order valence-electron chi connectivity index (χ3n) is 2.42. The van der Waals surface area contributed by atoms with Crippen molar-refractivity contribution in [3.8, 4) is 5.75 Å². The summed E-state index contributed by atoms with van der Waals surface area (Å²) in [4.78, 5) is 0. The van der Waals surface area contributed by atoms with Gasteiger partial charge in [-0.3, -0.25) is 0 Å². The Bertz CT molecular complexity index is 302. The second-order valence-electron chi connectivity index (χ2n) is 4.02. The number of hydrogen-bond donors (Lipinski definition) is 1. The van der Waals surface area contributed by atoms with Gasteiger partial charge >= 0.3 is 0 Å². The average molecular weight is 237 g/mol. The van der Waals surface area contributed by atoms with Gasteiger partial charge < -0.3 is 14.8 Å². The van der Waals surface area contributed by atoms with Gasteiger partial charge in [-0.05, 0) is 30.7 Å². The summed E-state index contributed by atoms with van der Waals surface area (Å²) in [6, 6.07) is 8.24. The van der Waals surface area contributed by atoms with E-state index in [2.05, 4.69) is 24.4 Å². The van der Waals surface area contributed by atoms with E-state index in [0.717, 1.165) is 38.3 Å². The molecule has 0 aliphatic rings. The van der Waals surface area contributed by atoms with Crippen LogP contribution in [0.15, 0.2) is 24.3 Å². The number of nitrogens with one attached hydrogen (secondary N) is 1. The maximum atomic E-state index is 5.65. The van der Waals surface area contributed by atoms with E-state index < -0.39 is 0 Å². The van der Waals surface area contributed by atoms with Crippen LogP contribution >= 0.6 is 0 Å². The van der Waals surface area contributed by atoms with E-state index in [9.17, 15) is 0 Å². The van der Waals surface area contributed by atoms with Crippen molar-refractivity contribution in [1.29, 1.82) is 0 Å². The van der Waals surface area contributed by atoms with E-state index >= 15 is 0 Å². The number of methoxy groups -OCH3 is 1. The first-order valence-corrected chi connectivity index (χ1v) is 6.28. The molecule has 1 rings (SSSR count). The molecule has 0 saturated carbocycles. The summed E-state index contributed by atoms with van der Waals surface area (Å²) in [6.07, 6.45) is 2.09. The van der Waals surface area contributed by atoms with Gasteiger partial charge in [-0.2, -0.15) is 0 Å². The molecule has 0 spiro atoms. The molecule has 96 valence electrons. The van der Waals surface area contributed by atoms with Crippen LogP contribution in [0.1, 0.15) is 25.3 Å². The highest BCUT2D eigenvalue weighted by molar-refractivity contribution is 5.28. The smallest absolute Gasteiger partial charge is 0.119 e. The van der Waals surface area contributed by atoms with Crippen molar-refractivity contribution >= 4 is 0 Å². The molecule has 3 nitrogen and oxygen atoms in total. The molecule has 3 heteroatoms. The summed E-state index contributed by atoms with van der Waals surface area (Å²) in [7, 11) is 1.71. The first-order valence-electron chi connectivity index (χ1n) is 6.28. The molecule has 17 heavy (non-hydrogen) atoms. The van der Waals surface area contributed by atoms with E-state index in [1.165, 1.54) is 5.56 Å². The molecular weight excluding hydrogens is 214 g/mol. The van der Waals surface area contributed by atoms with E-state index in [1.807, 2.05) is 12.1 Å². The van der Waals surface area contributed by atoms with Crippen molar-refractivity contribution in [2.75, 3.05) is 26.9 Å². The molecule has 1 aromatic carbocycles. The minimum atomic E-state index is 0.708. The molecule has 0 saturated heterocycles. The fourth-order valence-corrected chi connectivity index (χ4v) is 1.55. The maximum absolute atomic E-state index is 5.65. The SMILES string of the molecule is CCCNCc1cccc(OCCCOC)c1. The Morgan fingerprint density at radius 2 is 2.12 bits per heavy atom. The lowest BCUT2D eigenvalue weighted by molar-refractivity contribution is 0.172. The van der Waals surface area contributed by atoms with Crippen LogP contribution in [0.5, 0.6) is 5.75 Å². The zero-order chi connectivity index (χ0) is 12.3. The summed E-state index contributed by atoms with van der Waals surface area (Å²) in [6.45, 7) is 5.59. The molecule has 0 atom stereocenters. The van der Waals surface area contributed by atoms with Crippen molar-refractivity contribution < 1.29 is 9.47 Å². The van der Waals surface area contributed by atoms with Gasteiger partial charge in [-0.25, -0.2) is 0 Å². The normalized spacial score (nSPS) is 10.5. The molecule has 1 aromatic rings. The van der Waals surface area contributed by atoms with Gasteiger partial charge in [0, 0.05) is 26.7 Å². The Balaban J connectivity index is 2.31. The molecule has 0 unspecified atom stereocenters. The van der Waals surface area contributed by atoms with Crippen molar-refractivity contribution in [3.05, 3.63) is 29.8 Å². The quantitative estimate of drug-likeness (QED) is 0.670. The van der Waals surface area contributed by atoms with Crippen molar-refractivity contribution in [1.82, 2.24) is 5.32 Å². The highest BCUT2D eigenvalue weighted by atomic mass is 16.5. The number of benzene rings is 1. The molecule has 0 heterocycles. The van der Waals surface area contributed by atoms with Gasteiger partial charge in [0.2, 0.25) is 0 Å². The van der Waals surface area contributed by atoms with Crippen LogP contribution in [-0.2, 0) is 11.3 Å². The average Bonchev–Trinajstić information content (AvgIpc) is 2.36. The molecule has 0 radical (unpaired) electrons. The number of ether oxygens (including phenoxy) is 2. The molecule has 0 aromatic heterocycles. The molecular formula is C14H23NO2. The van der Waals surface area contributed by atoms with Crippen molar-refractivity contribution in [3.63, 3.8) is 0 Å². The zero-order valence-corrected chi connectivity index (χ0v) is 10.9. The first-order chi connectivity index (χ1) is 8.36. The Morgan fingerprint density at radius 1 is 1.24 bits per heavy atom. The fourth-order valence-electron chi connectivity index (χ4n) is 1.55. The number of rotatable bonds is 9. The minimum absolute atomic E-state index is 0.708. The molecule has 1 N–H and O–H groups in total. The van der Waals surface area contributed by atoms with Crippen LogP contribution in [0, 0.1) is 0 Å². The minimum Gasteiger partial charge on any atom is -0.493 e. The van der Waals surface area contributed by atoms with E-state index in [1.54, 1.807) is 7.11 Å². The summed E-state index contributed by atoms with van der Waals surface area (Å²) in [5.41, 5.74) is 1.27. The lowest BCUT2D eigenvalue weighted by atomic mass is 10.2. The standard InChI is InChI=1S/C14H23NO2/c1-3-8-15-12-13-6-4-7-14(11-13)17-10-5-9-16-2/h4,6-7,11,15H,3,5,8-10,12H2,1-2H3. The molecule has 0 amide bonds. The third-order valence-corrected chi connectivity index (χ3v) is 2.42. The Labute approximate surface area is 104 Å². The summed E-state index contributed by atoms with van der Waals surface area (Å²) >= 11 is 0. The summed E-state index contributed by atoms with van der Waals surface area (Å²) < 4.78 is 10.6. The largest absolute Gasteiger partial charge is 0.493 e. The summed E-state index contributed by atoms with van der Waals surface area (Å²) in [5.74, 6) is 0.942. The lowest BCUT2D eigenvalue weighted by Gasteiger charge is -2.08. The van der Waals surface area contributed by atoms with Crippen molar-refractivity contribution in [2.45, 2.75) is 26.3 Å². The molecule has 0 aliphatic heterocycles. The van der Waals surface area contributed by atoms with Crippen LogP contribution in [0.3, 0.4) is 0 Å². The zero-order valence-electron chi connectivity index (χ0n) is 10.9. The van der Waals surface area contributed by atoms with Gasteiger partial charge in [0.1, 0.15) is 5.75 Å². The highest BCUT2D eigenvalue weighted by Crippen LogP contribution is 2.13. The van der Waals surface area contributed by atoms with Crippen LogP contribution < -0.4 is 10.1 Å². The lowest BCUT2D eigenvalue weighted by Crippen LogP contribution is -2.13. The van der Waals surface area contributed by atoms with Gasteiger partial charge in [0.15, 0.2) is 0 Å². The molecule has 0 aliphatic carbocycles. The predicted octanol–water partition coefficient (Wildman–Crippen LogP) is 2.60. The Hall–Kier alpha value is -1.06. The molecule has 0 fully saturated rings. The van der Waals surface area contributed by atoms with E-state index in [-0.39, 0.29) is 0 Å². The topological polar surface area (TPSA) is 30.5 Å². The van der Waals surface area contributed by atoms with Crippen molar-refractivity contribution in [2.24, 2.45) is 0 Å². The van der Waals surface area contributed by atoms with Gasteiger partial charge in [-0.1, -0.05) is 19.1 Å². The van der Waals surface area contributed by atoms with Gasteiger partial charge in [-0.15, -0.1) is 0 Å². The second-order valence-corrected chi connectivity index (χ2v) is 4.02. The fraction of sp³-hybridized carbons (Fsp3) is 0.571. The molecule has 0 bridgehead atoms. The highest BCUT2D eigenvalue weighted by Gasteiger charge is 1.97. The maximum Gasteiger partial charge on any atom is 0.119 e. The first kappa shape index (κ1) is 14.0. The van der Waals surface area contributed by atoms with Crippen LogP contribution in [-0.4, -0.2) is 26.9 Å². The van der Waals surface area contributed by atoms with Crippen LogP contribution in [0.2, 0.25) is 0 Å².